The van der Waals surface area contributed by atoms with Gasteiger partial charge in [-0.3, -0.25) is 4.79 Å². The first-order valence-corrected chi connectivity index (χ1v) is 18.7. The highest BCUT2D eigenvalue weighted by molar-refractivity contribution is 7.91. The van der Waals surface area contributed by atoms with Crippen LogP contribution in [0.4, 0.5) is 9.59 Å². The van der Waals surface area contributed by atoms with E-state index in [1.54, 1.807) is 0 Å². The lowest BCUT2D eigenvalue weighted by Crippen LogP contribution is -2.48. The number of amides is 5. The average molecular weight is 690 g/mol. The molecule has 11 nitrogen and oxygen atoms in total. The van der Waals surface area contributed by atoms with Gasteiger partial charge in [0.1, 0.15) is 40.2 Å². The Morgan fingerprint density at radius 1 is 0.878 bits per heavy atom. The van der Waals surface area contributed by atoms with Crippen molar-refractivity contribution in [2.24, 2.45) is 5.92 Å². The number of carbonyl (C=O) groups is 3. The smallest absolute Gasteiger partial charge is 0.316 e. The maximum Gasteiger partial charge on any atom is 0.316 e. The van der Waals surface area contributed by atoms with Crippen molar-refractivity contribution in [2.75, 3.05) is 18.1 Å². The molecule has 4 heterocycles. The molecule has 0 spiro atoms. The Morgan fingerprint density at radius 2 is 1.49 bits per heavy atom. The molecule has 4 N–H and O–H groups in total. The van der Waals surface area contributed by atoms with Crippen molar-refractivity contribution >= 4 is 51.1 Å². The molecule has 2 aromatic heterocycles. The zero-order valence-corrected chi connectivity index (χ0v) is 29.7. The van der Waals surface area contributed by atoms with Gasteiger partial charge in [0.2, 0.25) is 5.91 Å². The number of nitrogens with one attached hydrogen (secondary N) is 4. The second-order valence-electron chi connectivity index (χ2n) is 13.7. The molecule has 49 heavy (non-hydrogen) atoms. The van der Waals surface area contributed by atoms with Crippen molar-refractivity contribution in [1.82, 2.24) is 26.2 Å². The van der Waals surface area contributed by atoms with E-state index in [1.807, 2.05) is 81.1 Å². The van der Waals surface area contributed by atoms with E-state index in [4.69, 9.17) is 8.83 Å². The van der Waals surface area contributed by atoms with Crippen molar-refractivity contribution < 1.29 is 27.8 Å². The monoisotopic (exact) mass is 689 g/mol. The van der Waals surface area contributed by atoms with E-state index in [0.717, 1.165) is 33.1 Å². The molecule has 0 radical (unpaired) electrons. The molecule has 7 unspecified atom stereocenters. The number of aryl methyl sites for hydroxylation is 2. The molecule has 262 valence electrons. The fourth-order valence-corrected chi connectivity index (χ4v) is 8.68. The van der Waals surface area contributed by atoms with Gasteiger partial charge in [0.25, 0.3) is 0 Å². The van der Waals surface area contributed by atoms with Gasteiger partial charge in [-0.25, -0.2) is 9.59 Å². The van der Waals surface area contributed by atoms with E-state index in [0.29, 0.717) is 55.3 Å². The van der Waals surface area contributed by atoms with Crippen LogP contribution < -0.4 is 21.3 Å². The third kappa shape index (κ3) is 7.55. The van der Waals surface area contributed by atoms with E-state index >= 15 is 0 Å². The SMILES string of the molecule is Cc1c(C(C)NC(=O)NC2CCN(C(C)CCC(C)C(NC(=O)NC3CC[S+]([O-])C3)c3oc4ccccc4c3C)C2=O)oc2ccccc12. The van der Waals surface area contributed by atoms with Gasteiger partial charge in [-0.1, -0.05) is 54.5 Å². The predicted molar refractivity (Wildman–Crippen MR) is 191 cm³/mol. The quantitative estimate of drug-likeness (QED) is 0.139. The average Bonchev–Trinajstić information content (AvgIpc) is 3.84. The first-order valence-electron chi connectivity index (χ1n) is 17.3. The van der Waals surface area contributed by atoms with Crippen LogP contribution in [0.25, 0.3) is 21.9 Å². The molecule has 2 aromatic carbocycles. The van der Waals surface area contributed by atoms with Crippen molar-refractivity contribution in [3.05, 3.63) is 71.2 Å². The van der Waals surface area contributed by atoms with Crippen LogP contribution in [0.1, 0.15) is 81.2 Å². The number of rotatable bonds is 11. The fraction of sp³-hybridized carbons (Fsp3) is 0.486. The lowest BCUT2D eigenvalue weighted by atomic mass is 9.91. The molecule has 0 saturated carbocycles. The number of hydrogen-bond acceptors (Lipinski definition) is 6. The summed E-state index contributed by atoms with van der Waals surface area (Å²) in [4.78, 5) is 41.4. The molecule has 4 aromatic rings. The van der Waals surface area contributed by atoms with E-state index < -0.39 is 29.3 Å². The lowest BCUT2D eigenvalue weighted by Gasteiger charge is -2.29. The van der Waals surface area contributed by atoms with Gasteiger partial charge in [-0.15, -0.1) is 0 Å². The summed E-state index contributed by atoms with van der Waals surface area (Å²) in [6.45, 7) is 10.5. The molecule has 2 aliphatic heterocycles. The van der Waals surface area contributed by atoms with Gasteiger partial charge in [0.05, 0.1) is 18.1 Å². The second kappa shape index (κ2) is 14.8. The predicted octanol–water partition coefficient (Wildman–Crippen LogP) is 6.12. The van der Waals surface area contributed by atoms with Crippen LogP contribution in [0, 0.1) is 19.8 Å². The summed E-state index contributed by atoms with van der Waals surface area (Å²) in [6.07, 6.45) is 2.64. The summed E-state index contributed by atoms with van der Waals surface area (Å²) < 4.78 is 24.2. The highest BCUT2D eigenvalue weighted by Crippen LogP contribution is 2.35. The molecular formula is C37H47N5O6S. The Balaban J connectivity index is 1.05. The summed E-state index contributed by atoms with van der Waals surface area (Å²) in [5.74, 6) is 2.35. The maximum atomic E-state index is 13.5. The lowest BCUT2D eigenvalue weighted by molar-refractivity contribution is -0.131. The Bertz CT molecular complexity index is 1820. The Hall–Kier alpha value is -4.16. The Kier molecular flexibility index (Phi) is 10.4. The molecule has 6 rings (SSSR count). The van der Waals surface area contributed by atoms with Gasteiger partial charge in [-0.2, -0.15) is 0 Å². The fourth-order valence-electron chi connectivity index (χ4n) is 7.27. The summed E-state index contributed by atoms with van der Waals surface area (Å²) in [5.41, 5.74) is 3.50. The second-order valence-corrected chi connectivity index (χ2v) is 15.3. The minimum atomic E-state index is -0.898. The largest absolute Gasteiger partial charge is 0.616 e. The molecule has 2 fully saturated rings. The number of carbonyl (C=O) groups excluding carboxylic acids is 3. The van der Waals surface area contributed by atoms with Crippen molar-refractivity contribution in [3.63, 3.8) is 0 Å². The standard InChI is InChI=1S/C37H47N5O6S/c1-21(32(41-37(45)39-26-17-19-49(46)20-26)34-24(4)28-11-7-9-13-31(28)48-34)14-15-22(2)42-18-16-29(35(42)43)40-36(44)38-25(5)33-23(3)27-10-6-8-12-30(27)47-33/h6-13,21-22,25-26,29,32H,14-20H2,1-5H3,(H2,38,40,44)(H2,39,41,45). The summed E-state index contributed by atoms with van der Waals surface area (Å²) in [7, 11) is 0. The Labute approximate surface area is 290 Å². The van der Waals surface area contributed by atoms with Crippen LogP contribution in [-0.4, -0.2) is 63.6 Å². The molecule has 0 aliphatic carbocycles. The number of likely N-dealkylation sites (tertiary alicyclic amines) is 1. The van der Waals surface area contributed by atoms with Crippen LogP contribution in [0.2, 0.25) is 0 Å². The molecule has 5 amide bonds. The zero-order valence-electron chi connectivity index (χ0n) is 28.8. The molecule has 12 heteroatoms. The summed E-state index contributed by atoms with van der Waals surface area (Å²) in [6, 6.07) is 13.3. The van der Waals surface area contributed by atoms with Crippen LogP contribution in [0.5, 0.6) is 0 Å². The van der Waals surface area contributed by atoms with E-state index in [1.165, 1.54) is 0 Å². The number of furan rings is 2. The minimum Gasteiger partial charge on any atom is -0.616 e. The van der Waals surface area contributed by atoms with Crippen LogP contribution in [0.3, 0.4) is 0 Å². The number of fused-ring (bicyclic) bond motifs is 2. The highest BCUT2D eigenvalue weighted by Gasteiger charge is 2.37. The van der Waals surface area contributed by atoms with Gasteiger partial charge < -0.3 is 39.6 Å². The summed E-state index contributed by atoms with van der Waals surface area (Å²) in [5, 5.41) is 14.0. The molecule has 7 atom stereocenters. The van der Waals surface area contributed by atoms with E-state index in [2.05, 4.69) is 28.2 Å². The molecular weight excluding hydrogens is 643 g/mol. The number of hydrogen-bond donors (Lipinski definition) is 4. The summed E-state index contributed by atoms with van der Waals surface area (Å²) >= 11 is -0.898. The van der Waals surface area contributed by atoms with E-state index in [-0.39, 0.29) is 36.0 Å². The molecule has 2 saturated heterocycles. The number of benzene rings is 2. The van der Waals surface area contributed by atoms with Gasteiger partial charge in [0, 0.05) is 40.9 Å². The minimum absolute atomic E-state index is 0.0224. The molecule has 0 bridgehead atoms. The number of nitrogens with zero attached hydrogens (tertiary/aromatic N) is 1. The number of para-hydroxylation sites is 2. The van der Waals surface area contributed by atoms with Crippen LogP contribution in [0.15, 0.2) is 57.4 Å². The third-order valence-corrected chi connectivity index (χ3v) is 11.6. The van der Waals surface area contributed by atoms with Crippen molar-refractivity contribution in [1.29, 1.82) is 0 Å². The molecule has 2 aliphatic rings. The number of urea groups is 2. The topological polar surface area (TPSA) is 152 Å². The van der Waals surface area contributed by atoms with Gasteiger partial charge in [0.15, 0.2) is 0 Å². The van der Waals surface area contributed by atoms with Crippen LogP contribution in [-0.2, 0) is 16.0 Å². The first-order chi connectivity index (χ1) is 23.5. The van der Waals surface area contributed by atoms with Crippen molar-refractivity contribution in [2.45, 2.75) is 90.5 Å². The normalized spacial score (nSPS) is 21.9. The van der Waals surface area contributed by atoms with Gasteiger partial charge >= 0.3 is 12.1 Å². The Morgan fingerprint density at radius 3 is 2.12 bits per heavy atom. The van der Waals surface area contributed by atoms with Crippen LogP contribution >= 0.6 is 0 Å². The third-order valence-electron chi connectivity index (χ3n) is 10.2. The van der Waals surface area contributed by atoms with E-state index in [9.17, 15) is 18.9 Å². The maximum absolute atomic E-state index is 13.5. The first kappa shape index (κ1) is 34.7. The van der Waals surface area contributed by atoms with Gasteiger partial charge in [-0.05, 0) is 65.0 Å². The van der Waals surface area contributed by atoms with Crippen molar-refractivity contribution in [3.8, 4) is 0 Å². The highest BCUT2D eigenvalue weighted by atomic mass is 32.2. The zero-order chi connectivity index (χ0) is 34.8.